The minimum atomic E-state index is 0.861. The Balaban J connectivity index is 1.77. The number of nitrogens with one attached hydrogen (secondary N) is 1. The van der Waals surface area contributed by atoms with Crippen LogP contribution in [0.3, 0.4) is 0 Å². The van der Waals surface area contributed by atoms with Crippen molar-refractivity contribution in [2.45, 2.75) is 19.9 Å². The molecule has 0 bridgehead atoms. The number of rotatable bonds is 5. The van der Waals surface area contributed by atoms with Crippen molar-refractivity contribution >= 4 is 27.4 Å². The zero-order chi connectivity index (χ0) is 13.1. The van der Waals surface area contributed by atoms with Gasteiger partial charge in [0.2, 0.25) is 0 Å². The number of hydrogen-bond acceptors (Lipinski definition) is 4. The van der Waals surface area contributed by atoms with Gasteiger partial charge in [0.15, 0.2) is 0 Å². The van der Waals surface area contributed by atoms with Gasteiger partial charge in [-0.2, -0.15) is 0 Å². The van der Waals surface area contributed by atoms with Crippen LogP contribution in [0.5, 0.6) is 0 Å². The van der Waals surface area contributed by atoms with Crippen molar-refractivity contribution in [3.05, 3.63) is 41.8 Å². The van der Waals surface area contributed by atoms with Crippen LogP contribution in [-0.4, -0.2) is 21.1 Å². The first-order valence-electron chi connectivity index (χ1n) is 6.45. The average molecular weight is 272 g/mol. The molecule has 4 nitrogen and oxygen atoms in total. The molecule has 0 atom stereocenters. The molecule has 0 radical (unpaired) electrons. The Morgan fingerprint density at radius 1 is 1.26 bits per heavy atom. The third-order valence-corrected chi connectivity index (χ3v) is 3.82. The summed E-state index contributed by atoms with van der Waals surface area (Å²) in [5, 5.41) is 6.61. The Morgan fingerprint density at radius 2 is 2.11 bits per heavy atom. The van der Waals surface area contributed by atoms with Gasteiger partial charge in [0.1, 0.15) is 16.5 Å². The van der Waals surface area contributed by atoms with E-state index >= 15 is 0 Å². The Morgan fingerprint density at radius 3 is 2.89 bits per heavy atom. The highest BCUT2D eigenvalue weighted by atomic mass is 32.1. The Bertz CT molecular complexity index is 657. The summed E-state index contributed by atoms with van der Waals surface area (Å²) in [6.45, 7) is 3.88. The number of anilines is 1. The first-order chi connectivity index (χ1) is 9.36. The number of aromatic nitrogens is 3. The SMILES string of the molecule is CCc1nc(NCCn2cccc2)c2ccsc2n1. The van der Waals surface area contributed by atoms with E-state index in [2.05, 4.69) is 50.6 Å². The van der Waals surface area contributed by atoms with Gasteiger partial charge in [-0.25, -0.2) is 9.97 Å². The van der Waals surface area contributed by atoms with Crippen molar-refractivity contribution in [3.8, 4) is 0 Å². The summed E-state index contributed by atoms with van der Waals surface area (Å²) < 4.78 is 2.15. The van der Waals surface area contributed by atoms with Crippen LogP contribution < -0.4 is 5.32 Å². The molecule has 3 aromatic rings. The molecule has 19 heavy (non-hydrogen) atoms. The topological polar surface area (TPSA) is 42.7 Å². The first kappa shape index (κ1) is 12.2. The lowest BCUT2D eigenvalue weighted by Gasteiger charge is -2.09. The zero-order valence-electron chi connectivity index (χ0n) is 10.8. The molecule has 0 aromatic carbocycles. The molecule has 0 spiro atoms. The lowest BCUT2D eigenvalue weighted by Crippen LogP contribution is -2.11. The Hall–Kier alpha value is -1.88. The molecule has 0 amide bonds. The van der Waals surface area contributed by atoms with E-state index in [4.69, 9.17) is 0 Å². The second kappa shape index (κ2) is 5.40. The highest BCUT2D eigenvalue weighted by Crippen LogP contribution is 2.25. The lowest BCUT2D eigenvalue weighted by molar-refractivity contribution is 0.731. The van der Waals surface area contributed by atoms with E-state index in [0.717, 1.165) is 41.4 Å². The van der Waals surface area contributed by atoms with E-state index in [9.17, 15) is 0 Å². The van der Waals surface area contributed by atoms with E-state index in [1.54, 1.807) is 11.3 Å². The van der Waals surface area contributed by atoms with Crippen LogP contribution in [0.15, 0.2) is 36.0 Å². The van der Waals surface area contributed by atoms with Gasteiger partial charge in [-0.3, -0.25) is 0 Å². The Kier molecular flexibility index (Phi) is 3.46. The van der Waals surface area contributed by atoms with Crippen molar-refractivity contribution in [2.24, 2.45) is 0 Å². The molecule has 0 saturated heterocycles. The molecule has 0 fully saturated rings. The minimum Gasteiger partial charge on any atom is -0.368 e. The maximum atomic E-state index is 4.59. The van der Waals surface area contributed by atoms with Crippen LogP contribution in [0.4, 0.5) is 5.82 Å². The van der Waals surface area contributed by atoms with Gasteiger partial charge >= 0.3 is 0 Å². The van der Waals surface area contributed by atoms with E-state index in [1.807, 2.05) is 12.1 Å². The summed E-state index contributed by atoms with van der Waals surface area (Å²) in [5.41, 5.74) is 0. The largest absolute Gasteiger partial charge is 0.368 e. The maximum absolute atomic E-state index is 4.59. The van der Waals surface area contributed by atoms with E-state index in [-0.39, 0.29) is 0 Å². The van der Waals surface area contributed by atoms with Crippen LogP contribution in [0.1, 0.15) is 12.7 Å². The molecule has 0 aliphatic rings. The van der Waals surface area contributed by atoms with Gasteiger partial charge in [-0.15, -0.1) is 11.3 Å². The van der Waals surface area contributed by atoms with Crippen LogP contribution in [0.25, 0.3) is 10.2 Å². The van der Waals surface area contributed by atoms with Gasteiger partial charge < -0.3 is 9.88 Å². The molecule has 0 aliphatic carbocycles. The zero-order valence-corrected chi connectivity index (χ0v) is 11.7. The average Bonchev–Trinajstić information content (AvgIpc) is 3.08. The third-order valence-electron chi connectivity index (χ3n) is 3.02. The predicted molar refractivity (Wildman–Crippen MR) is 79.7 cm³/mol. The van der Waals surface area contributed by atoms with Crippen molar-refractivity contribution in [1.82, 2.24) is 14.5 Å². The monoisotopic (exact) mass is 272 g/mol. The van der Waals surface area contributed by atoms with Crippen molar-refractivity contribution < 1.29 is 0 Å². The maximum Gasteiger partial charge on any atom is 0.138 e. The molecule has 0 aliphatic heterocycles. The smallest absolute Gasteiger partial charge is 0.138 e. The second-order valence-corrected chi connectivity index (χ2v) is 5.22. The number of aryl methyl sites for hydroxylation is 1. The molecular formula is C14H16N4S. The quantitative estimate of drug-likeness (QED) is 0.775. The molecular weight excluding hydrogens is 256 g/mol. The van der Waals surface area contributed by atoms with Crippen LogP contribution >= 0.6 is 11.3 Å². The fourth-order valence-electron chi connectivity index (χ4n) is 2.02. The van der Waals surface area contributed by atoms with Crippen molar-refractivity contribution in [1.29, 1.82) is 0 Å². The van der Waals surface area contributed by atoms with Gasteiger partial charge in [0.05, 0.1) is 5.39 Å². The van der Waals surface area contributed by atoms with E-state index < -0.39 is 0 Å². The van der Waals surface area contributed by atoms with Crippen LogP contribution in [0.2, 0.25) is 0 Å². The minimum absolute atomic E-state index is 0.861. The summed E-state index contributed by atoms with van der Waals surface area (Å²) in [7, 11) is 0. The predicted octanol–water partition coefficient (Wildman–Crippen LogP) is 3.17. The molecule has 0 unspecified atom stereocenters. The van der Waals surface area contributed by atoms with Gasteiger partial charge in [0.25, 0.3) is 0 Å². The first-order valence-corrected chi connectivity index (χ1v) is 7.33. The van der Waals surface area contributed by atoms with Crippen LogP contribution in [0, 0.1) is 0 Å². The molecule has 3 heterocycles. The third kappa shape index (κ3) is 2.61. The van der Waals surface area contributed by atoms with Crippen molar-refractivity contribution in [3.63, 3.8) is 0 Å². The fourth-order valence-corrected chi connectivity index (χ4v) is 2.80. The normalized spacial score (nSPS) is 11.0. The second-order valence-electron chi connectivity index (χ2n) is 4.33. The summed E-state index contributed by atoms with van der Waals surface area (Å²) >= 11 is 1.67. The molecule has 3 rings (SSSR count). The van der Waals surface area contributed by atoms with Crippen LogP contribution in [-0.2, 0) is 13.0 Å². The summed E-state index contributed by atoms with van der Waals surface area (Å²) in [5.74, 6) is 1.86. The van der Waals surface area contributed by atoms with E-state index in [0.29, 0.717) is 0 Å². The van der Waals surface area contributed by atoms with Gasteiger partial charge in [0, 0.05) is 31.9 Å². The van der Waals surface area contributed by atoms with Crippen molar-refractivity contribution in [2.75, 3.05) is 11.9 Å². The van der Waals surface area contributed by atoms with E-state index in [1.165, 1.54) is 0 Å². The number of nitrogens with zero attached hydrogens (tertiary/aromatic N) is 3. The Labute approximate surface area is 116 Å². The highest BCUT2D eigenvalue weighted by molar-refractivity contribution is 7.16. The lowest BCUT2D eigenvalue weighted by atomic mass is 10.3. The number of fused-ring (bicyclic) bond motifs is 1. The standard InChI is InChI=1S/C14H16N4S/c1-2-12-16-13(11-5-10-19-14(11)17-12)15-6-9-18-7-3-4-8-18/h3-5,7-8,10H,2,6,9H2,1H3,(H,15,16,17). The number of thiophene rings is 1. The number of hydrogen-bond donors (Lipinski definition) is 1. The molecule has 3 aromatic heterocycles. The molecule has 98 valence electrons. The summed E-state index contributed by atoms with van der Waals surface area (Å²) in [6, 6.07) is 6.16. The molecule has 1 N–H and O–H groups in total. The molecule has 5 heteroatoms. The fraction of sp³-hybridized carbons (Fsp3) is 0.286. The summed E-state index contributed by atoms with van der Waals surface area (Å²) in [4.78, 5) is 10.2. The van der Waals surface area contributed by atoms with Gasteiger partial charge in [-0.1, -0.05) is 6.92 Å². The van der Waals surface area contributed by atoms with Gasteiger partial charge in [-0.05, 0) is 23.6 Å². The highest BCUT2D eigenvalue weighted by Gasteiger charge is 2.07. The molecule has 0 saturated carbocycles. The summed E-state index contributed by atoms with van der Waals surface area (Å²) in [6.07, 6.45) is 5.00.